The molecule has 7 heavy (non-hydrogen) atoms. The van der Waals surface area contributed by atoms with Gasteiger partial charge in [-0.25, -0.2) is 0 Å². The van der Waals surface area contributed by atoms with E-state index in [0.717, 1.165) is 11.5 Å². The molecule has 0 aliphatic carbocycles. The Labute approximate surface area is 44.2 Å². The predicted octanol–water partition coefficient (Wildman–Crippen LogP) is 0.986. The van der Waals surface area contributed by atoms with Crippen molar-refractivity contribution in [2.24, 2.45) is 0 Å². The second-order valence-electron chi connectivity index (χ2n) is 1.12. The van der Waals surface area contributed by atoms with Crippen LogP contribution in [-0.4, -0.2) is 9.59 Å². The summed E-state index contributed by atoms with van der Waals surface area (Å²) in [7, 11) is 0. The third-order valence-corrected chi connectivity index (χ3v) is 1.20. The van der Waals surface area contributed by atoms with Gasteiger partial charge in [0.25, 0.3) is 0 Å². The first kappa shape index (κ1) is 4.64. The summed E-state index contributed by atoms with van der Waals surface area (Å²) in [6, 6.07) is 0. The Morgan fingerprint density at radius 2 is 2.43 bits per heavy atom. The van der Waals surface area contributed by atoms with E-state index in [1.54, 1.807) is 6.92 Å². The van der Waals surface area contributed by atoms with E-state index < -0.39 is 5.95 Å². The molecule has 0 radical (unpaired) electrons. The fourth-order valence-electron chi connectivity index (χ4n) is 0.226. The van der Waals surface area contributed by atoms with E-state index in [1.807, 2.05) is 0 Å². The molecule has 38 valence electrons. The third-order valence-electron chi connectivity index (χ3n) is 0.597. The summed E-state index contributed by atoms with van der Waals surface area (Å²) in [6.45, 7) is 1.64. The molecule has 0 saturated carbocycles. The second-order valence-corrected chi connectivity index (χ2v) is 2.08. The lowest BCUT2D eigenvalue weighted by atomic mass is 10.6. The van der Waals surface area contributed by atoms with E-state index in [2.05, 4.69) is 9.59 Å². The predicted molar refractivity (Wildman–Crippen MR) is 24.6 cm³/mol. The normalized spacial score (nSPS) is 9.43. The highest BCUT2D eigenvalue weighted by atomic mass is 32.1. The van der Waals surface area contributed by atoms with Gasteiger partial charge in [-0.15, -0.1) is 5.10 Å². The van der Waals surface area contributed by atoms with Gasteiger partial charge in [-0.2, -0.15) is 4.39 Å². The van der Waals surface area contributed by atoms with Crippen molar-refractivity contribution in [1.29, 1.82) is 0 Å². The number of halogens is 1. The van der Waals surface area contributed by atoms with Crippen molar-refractivity contribution in [3.05, 3.63) is 10.8 Å². The average molecular weight is 118 g/mol. The second kappa shape index (κ2) is 1.54. The molecular weight excluding hydrogens is 115 g/mol. The van der Waals surface area contributed by atoms with E-state index in [1.165, 1.54) is 0 Å². The largest absolute Gasteiger partial charge is 0.248 e. The van der Waals surface area contributed by atoms with Crippen LogP contribution in [0, 0.1) is 12.9 Å². The molecule has 0 aromatic carbocycles. The van der Waals surface area contributed by atoms with E-state index >= 15 is 0 Å². The first-order valence-corrected chi connectivity index (χ1v) is 2.52. The average Bonchev–Trinajstić information content (AvgIpc) is 1.91. The molecule has 4 heteroatoms. The fourth-order valence-corrected chi connectivity index (χ4v) is 0.577. The van der Waals surface area contributed by atoms with E-state index in [0.29, 0.717) is 4.88 Å². The van der Waals surface area contributed by atoms with Crippen LogP contribution in [0.1, 0.15) is 4.88 Å². The molecule has 0 bridgehead atoms. The summed E-state index contributed by atoms with van der Waals surface area (Å²) < 4.78 is 15.3. The van der Waals surface area contributed by atoms with Gasteiger partial charge in [0, 0.05) is 0 Å². The molecule has 0 fully saturated rings. The van der Waals surface area contributed by atoms with Crippen LogP contribution in [0.25, 0.3) is 0 Å². The Kier molecular flexibility index (Phi) is 1.02. The van der Waals surface area contributed by atoms with Crippen molar-refractivity contribution in [1.82, 2.24) is 9.59 Å². The summed E-state index contributed by atoms with van der Waals surface area (Å²) in [5.74, 6) is -0.454. The third kappa shape index (κ3) is 0.742. The monoisotopic (exact) mass is 118 g/mol. The highest BCUT2D eigenvalue weighted by Gasteiger charge is 1.96. The molecule has 0 aliphatic heterocycles. The van der Waals surface area contributed by atoms with Gasteiger partial charge < -0.3 is 0 Å². The summed E-state index contributed by atoms with van der Waals surface area (Å²) in [6.07, 6.45) is 0. The molecule has 0 unspecified atom stereocenters. The van der Waals surface area contributed by atoms with Crippen molar-refractivity contribution >= 4 is 11.5 Å². The van der Waals surface area contributed by atoms with Crippen LogP contribution < -0.4 is 0 Å². The fraction of sp³-hybridized carbons (Fsp3) is 0.333. The van der Waals surface area contributed by atoms with Crippen molar-refractivity contribution in [2.75, 3.05) is 0 Å². The van der Waals surface area contributed by atoms with Gasteiger partial charge in [0.2, 0.25) is 5.95 Å². The van der Waals surface area contributed by atoms with Gasteiger partial charge in [0.1, 0.15) is 0 Å². The molecule has 1 rings (SSSR count). The lowest BCUT2D eigenvalue weighted by Crippen LogP contribution is -1.72. The number of aryl methyl sites for hydroxylation is 1. The van der Waals surface area contributed by atoms with Gasteiger partial charge in [-0.1, -0.05) is 4.49 Å². The van der Waals surface area contributed by atoms with Crippen molar-refractivity contribution < 1.29 is 4.39 Å². The first-order valence-electron chi connectivity index (χ1n) is 1.75. The minimum Gasteiger partial charge on any atom is -0.182 e. The molecule has 1 aromatic rings. The van der Waals surface area contributed by atoms with Crippen molar-refractivity contribution in [2.45, 2.75) is 6.92 Å². The van der Waals surface area contributed by atoms with Gasteiger partial charge >= 0.3 is 0 Å². The number of rotatable bonds is 0. The topological polar surface area (TPSA) is 25.8 Å². The van der Waals surface area contributed by atoms with Gasteiger partial charge in [0.05, 0.1) is 4.88 Å². The molecule has 1 heterocycles. The van der Waals surface area contributed by atoms with Crippen LogP contribution in [0.2, 0.25) is 0 Å². The number of aromatic nitrogens is 2. The van der Waals surface area contributed by atoms with Crippen LogP contribution in [0.3, 0.4) is 0 Å². The molecular formula is C3H3FN2S. The Bertz CT molecular complexity index is 145. The van der Waals surface area contributed by atoms with Gasteiger partial charge in [-0.05, 0) is 18.5 Å². The number of nitrogens with zero attached hydrogens (tertiary/aromatic N) is 2. The van der Waals surface area contributed by atoms with Crippen LogP contribution in [-0.2, 0) is 0 Å². The highest BCUT2D eigenvalue weighted by Crippen LogP contribution is 2.03. The minimum absolute atomic E-state index is 0.454. The summed E-state index contributed by atoms with van der Waals surface area (Å²) >= 11 is 1.07. The molecule has 0 N–H and O–H groups in total. The van der Waals surface area contributed by atoms with Crippen LogP contribution in [0.15, 0.2) is 0 Å². The maximum Gasteiger partial charge on any atom is 0.248 e. The maximum atomic E-state index is 11.9. The number of hydrogen-bond acceptors (Lipinski definition) is 3. The van der Waals surface area contributed by atoms with E-state index in [-0.39, 0.29) is 0 Å². The smallest absolute Gasteiger partial charge is 0.182 e. The Morgan fingerprint density at radius 3 is 2.57 bits per heavy atom. The SMILES string of the molecule is Cc1snnc1F. The highest BCUT2D eigenvalue weighted by molar-refractivity contribution is 7.05. The molecule has 0 aliphatic rings. The van der Waals surface area contributed by atoms with Crippen molar-refractivity contribution in [3.8, 4) is 0 Å². The molecule has 1 aromatic heterocycles. The van der Waals surface area contributed by atoms with E-state index in [9.17, 15) is 4.39 Å². The molecule has 0 saturated heterocycles. The zero-order valence-electron chi connectivity index (χ0n) is 3.68. The standard InChI is InChI=1S/C3H3FN2S/c1-2-3(4)5-6-7-2/h1H3. The number of hydrogen-bond donors (Lipinski definition) is 0. The molecule has 0 amide bonds. The first-order chi connectivity index (χ1) is 3.30. The molecule has 0 spiro atoms. The Morgan fingerprint density at radius 1 is 1.71 bits per heavy atom. The van der Waals surface area contributed by atoms with Crippen LogP contribution in [0.5, 0.6) is 0 Å². The zero-order valence-corrected chi connectivity index (χ0v) is 4.50. The Hall–Kier alpha value is -0.510. The van der Waals surface area contributed by atoms with Gasteiger partial charge in [0.15, 0.2) is 0 Å². The molecule has 2 nitrogen and oxygen atoms in total. The van der Waals surface area contributed by atoms with Gasteiger partial charge in [-0.3, -0.25) is 0 Å². The minimum atomic E-state index is -0.454. The summed E-state index contributed by atoms with van der Waals surface area (Å²) in [5.41, 5.74) is 0. The summed E-state index contributed by atoms with van der Waals surface area (Å²) in [5, 5.41) is 3.12. The Balaban J connectivity index is 3.12. The van der Waals surface area contributed by atoms with Crippen LogP contribution in [0.4, 0.5) is 4.39 Å². The quantitative estimate of drug-likeness (QED) is 0.507. The maximum absolute atomic E-state index is 11.9. The molecule has 0 atom stereocenters. The summed E-state index contributed by atoms with van der Waals surface area (Å²) in [4.78, 5) is 0.542. The van der Waals surface area contributed by atoms with Crippen molar-refractivity contribution in [3.63, 3.8) is 0 Å². The zero-order chi connectivity index (χ0) is 5.28. The van der Waals surface area contributed by atoms with E-state index in [4.69, 9.17) is 0 Å². The lowest BCUT2D eigenvalue weighted by molar-refractivity contribution is 0.572. The lowest BCUT2D eigenvalue weighted by Gasteiger charge is -1.69. The van der Waals surface area contributed by atoms with Crippen LogP contribution >= 0.6 is 11.5 Å².